The molecule has 2 aliphatic heterocycles. The molecule has 2 aliphatic rings. The van der Waals surface area contributed by atoms with Crippen LogP contribution in [0.25, 0.3) is 0 Å². The molecule has 3 heterocycles. The Morgan fingerprint density at radius 3 is 2.94 bits per heavy atom. The van der Waals surface area contributed by atoms with E-state index in [1.54, 1.807) is 0 Å². The van der Waals surface area contributed by atoms with Gasteiger partial charge in [0.05, 0.1) is 12.7 Å². The summed E-state index contributed by atoms with van der Waals surface area (Å²) in [7, 11) is -3.68. The number of rotatable bonds is 2. The minimum atomic E-state index is -3.68. The molecule has 0 spiro atoms. The van der Waals surface area contributed by atoms with E-state index in [1.807, 2.05) is 0 Å². The summed E-state index contributed by atoms with van der Waals surface area (Å²) in [5.74, 6) is 0.0119. The quantitative estimate of drug-likeness (QED) is 0.762. The lowest BCUT2D eigenvalue weighted by atomic mass is 10.0. The fourth-order valence-corrected chi connectivity index (χ4v) is 4.23. The third-order valence-electron chi connectivity index (χ3n) is 3.34. The molecule has 1 aromatic heterocycles. The van der Waals surface area contributed by atoms with Gasteiger partial charge in [0.2, 0.25) is 0 Å². The summed E-state index contributed by atoms with van der Waals surface area (Å²) in [5, 5.41) is 0. The average Bonchev–Trinajstić information content (AvgIpc) is 2.93. The highest BCUT2D eigenvalue weighted by atomic mass is 32.2. The molecule has 0 bridgehead atoms. The standard InChI is InChI=1S/C10H13N3O4S/c14-10-9-3-1-2-4-12(9)18(15,16)13(10)6-8-5-11-7-17-8/h5,7,9H,1-4,6H2. The van der Waals surface area contributed by atoms with Gasteiger partial charge in [-0.2, -0.15) is 12.7 Å². The van der Waals surface area contributed by atoms with Crippen LogP contribution in [0.15, 0.2) is 17.0 Å². The van der Waals surface area contributed by atoms with Gasteiger partial charge in [0, 0.05) is 6.54 Å². The topological polar surface area (TPSA) is 83.7 Å². The van der Waals surface area contributed by atoms with E-state index in [1.165, 1.54) is 16.9 Å². The van der Waals surface area contributed by atoms with Crippen LogP contribution < -0.4 is 0 Å². The number of piperidine rings is 1. The van der Waals surface area contributed by atoms with Gasteiger partial charge in [-0.1, -0.05) is 6.42 Å². The average molecular weight is 271 g/mol. The maximum Gasteiger partial charge on any atom is 0.307 e. The van der Waals surface area contributed by atoms with Crippen LogP contribution in [0.5, 0.6) is 0 Å². The predicted molar refractivity (Wildman–Crippen MR) is 60.3 cm³/mol. The molecule has 2 saturated heterocycles. The first-order chi connectivity index (χ1) is 8.60. The van der Waals surface area contributed by atoms with Crippen LogP contribution in [0.1, 0.15) is 25.0 Å². The second kappa shape index (κ2) is 4.06. The predicted octanol–water partition coefficient (Wildman–Crippen LogP) is 0.116. The van der Waals surface area contributed by atoms with Crippen LogP contribution in [0.3, 0.4) is 0 Å². The maximum absolute atomic E-state index is 12.2. The van der Waals surface area contributed by atoms with Gasteiger partial charge in [0.15, 0.2) is 6.39 Å². The molecule has 7 nitrogen and oxygen atoms in total. The lowest BCUT2D eigenvalue weighted by Crippen LogP contribution is -2.39. The van der Waals surface area contributed by atoms with Gasteiger partial charge in [0.25, 0.3) is 5.91 Å². The van der Waals surface area contributed by atoms with Gasteiger partial charge in [-0.05, 0) is 12.8 Å². The molecule has 0 aromatic carbocycles. The summed E-state index contributed by atoms with van der Waals surface area (Å²) >= 11 is 0. The molecule has 18 heavy (non-hydrogen) atoms. The third kappa shape index (κ3) is 1.64. The molecule has 0 N–H and O–H groups in total. The van der Waals surface area contributed by atoms with Crippen molar-refractivity contribution in [2.24, 2.45) is 0 Å². The molecular weight excluding hydrogens is 258 g/mol. The summed E-state index contributed by atoms with van der Waals surface area (Å²) in [6, 6.07) is -0.522. The molecule has 1 amide bonds. The minimum absolute atomic E-state index is 0.0752. The third-order valence-corrected chi connectivity index (χ3v) is 5.24. The molecule has 2 fully saturated rings. The van der Waals surface area contributed by atoms with Gasteiger partial charge in [-0.3, -0.25) is 4.79 Å². The Labute approximate surface area is 105 Å². The molecule has 0 aliphatic carbocycles. The first-order valence-corrected chi connectivity index (χ1v) is 7.21. The number of aromatic nitrogens is 1. The monoisotopic (exact) mass is 271 g/mol. The van der Waals surface area contributed by atoms with Gasteiger partial charge >= 0.3 is 10.2 Å². The molecule has 0 saturated carbocycles. The highest BCUT2D eigenvalue weighted by Crippen LogP contribution is 2.31. The number of nitrogens with zero attached hydrogens (tertiary/aromatic N) is 3. The fraction of sp³-hybridized carbons (Fsp3) is 0.600. The van der Waals surface area contributed by atoms with Crippen molar-refractivity contribution in [3.8, 4) is 0 Å². The number of oxazole rings is 1. The second-order valence-electron chi connectivity index (χ2n) is 4.44. The highest BCUT2D eigenvalue weighted by molar-refractivity contribution is 7.87. The van der Waals surface area contributed by atoms with Crippen LogP contribution in [0.2, 0.25) is 0 Å². The molecule has 8 heteroatoms. The van der Waals surface area contributed by atoms with Crippen molar-refractivity contribution in [1.29, 1.82) is 0 Å². The van der Waals surface area contributed by atoms with E-state index in [0.717, 1.165) is 17.1 Å². The number of hydrogen-bond acceptors (Lipinski definition) is 5. The molecule has 3 rings (SSSR count). The summed E-state index contributed by atoms with van der Waals surface area (Å²) in [6.07, 6.45) is 4.93. The van der Waals surface area contributed by atoms with Gasteiger partial charge in [-0.15, -0.1) is 0 Å². The normalized spacial score (nSPS) is 27.4. The Morgan fingerprint density at radius 2 is 2.28 bits per heavy atom. The van der Waals surface area contributed by atoms with E-state index in [9.17, 15) is 13.2 Å². The van der Waals surface area contributed by atoms with E-state index < -0.39 is 16.3 Å². The zero-order chi connectivity index (χ0) is 12.8. The molecule has 1 aromatic rings. The van der Waals surface area contributed by atoms with E-state index in [-0.39, 0.29) is 12.5 Å². The summed E-state index contributed by atoms with van der Waals surface area (Å²) in [5.41, 5.74) is 0. The van der Waals surface area contributed by atoms with Crippen molar-refractivity contribution in [1.82, 2.24) is 13.6 Å². The van der Waals surface area contributed by atoms with Crippen LogP contribution in [-0.4, -0.2) is 40.5 Å². The van der Waals surface area contributed by atoms with Crippen molar-refractivity contribution in [2.75, 3.05) is 6.54 Å². The Kier molecular flexibility index (Phi) is 2.63. The van der Waals surface area contributed by atoms with Crippen LogP contribution in [0, 0.1) is 0 Å². The van der Waals surface area contributed by atoms with E-state index in [0.29, 0.717) is 18.7 Å². The zero-order valence-electron chi connectivity index (χ0n) is 9.65. The van der Waals surface area contributed by atoms with E-state index in [2.05, 4.69) is 4.98 Å². The number of carbonyl (C=O) groups excluding carboxylic acids is 1. The second-order valence-corrected chi connectivity index (χ2v) is 6.25. The largest absolute Gasteiger partial charge is 0.447 e. The molecular formula is C10H13N3O4S. The highest BCUT2D eigenvalue weighted by Gasteiger charge is 2.51. The molecule has 1 atom stereocenters. The first kappa shape index (κ1) is 11.7. The lowest BCUT2D eigenvalue weighted by Gasteiger charge is -2.24. The Bertz CT molecular complexity index is 554. The van der Waals surface area contributed by atoms with Crippen molar-refractivity contribution in [3.63, 3.8) is 0 Å². The van der Waals surface area contributed by atoms with Gasteiger partial charge in [-0.25, -0.2) is 9.29 Å². The van der Waals surface area contributed by atoms with E-state index in [4.69, 9.17) is 4.42 Å². The van der Waals surface area contributed by atoms with Crippen molar-refractivity contribution < 1.29 is 17.6 Å². The molecule has 1 unspecified atom stereocenters. The van der Waals surface area contributed by atoms with Crippen molar-refractivity contribution >= 4 is 16.1 Å². The number of carbonyl (C=O) groups is 1. The smallest absolute Gasteiger partial charge is 0.307 e. The SMILES string of the molecule is O=C1C2CCCCN2S(=O)(=O)N1Cc1cnco1. The lowest BCUT2D eigenvalue weighted by molar-refractivity contribution is -0.129. The van der Waals surface area contributed by atoms with Crippen LogP contribution in [0.4, 0.5) is 0 Å². The summed E-state index contributed by atoms with van der Waals surface area (Å²) < 4.78 is 31.7. The minimum Gasteiger partial charge on any atom is -0.447 e. The van der Waals surface area contributed by atoms with Crippen molar-refractivity contribution in [2.45, 2.75) is 31.8 Å². The Morgan fingerprint density at radius 1 is 1.44 bits per heavy atom. The number of hydrogen-bond donors (Lipinski definition) is 0. The van der Waals surface area contributed by atoms with Crippen LogP contribution >= 0.6 is 0 Å². The molecule has 98 valence electrons. The number of fused-ring (bicyclic) bond motifs is 1. The van der Waals surface area contributed by atoms with Crippen LogP contribution in [-0.2, 0) is 21.5 Å². The maximum atomic E-state index is 12.2. The van der Waals surface area contributed by atoms with Gasteiger partial charge in [0.1, 0.15) is 11.8 Å². The first-order valence-electron chi connectivity index (χ1n) is 5.81. The van der Waals surface area contributed by atoms with Gasteiger partial charge < -0.3 is 4.42 Å². The Hall–Kier alpha value is -1.41. The zero-order valence-corrected chi connectivity index (χ0v) is 10.5. The molecule has 0 radical (unpaired) electrons. The van der Waals surface area contributed by atoms with E-state index >= 15 is 0 Å². The number of amides is 1. The fourth-order valence-electron chi connectivity index (χ4n) is 2.46. The summed E-state index contributed by atoms with van der Waals surface area (Å²) in [4.78, 5) is 15.8. The van der Waals surface area contributed by atoms with Crippen molar-refractivity contribution in [3.05, 3.63) is 18.4 Å². The Balaban J connectivity index is 1.92. The summed E-state index contributed by atoms with van der Waals surface area (Å²) in [6.45, 7) is 0.347.